The number of allylic oxidation sites excluding steroid dienone is 1. The van der Waals surface area contributed by atoms with E-state index in [2.05, 4.69) is 56.8 Å². The van der Waals surface area contributed by atoms with Crippen molar-refractivity contribution >= 4 is 11.5 Å². The van der Waals surface area contributed by atoms with Crippen LogP contribution in [0.3, 0.4) is 0 Å². The fourth-order valence-corrected chi connectivity index (χ4v) is 5.43. The lowest BCUT2D eigenvalue weighted by Gasteiger charge is -2.17. The van der Waals surface area contributed by atoms with Gasteiger partial charge in [0.25, 0.3) is 0 Å². The topological polar surface area (TPSA) is 65.0 Å². The number of rotatable bonds is 8. The summed E-state index contributed by atoms with van der Waals surface area (Å²) in [6, 6.07) is 18.6. The Kier molecular flexibility index (Phi) is 6.84. The number of hydrogen-bond acceptors (Lipinski definition) is 4. The molecule has 2 atom stereocenters. The number of aryl methyl sites for hydroxylation is 2. The normalized spacial score (nSPS) is 18.8. The number of fused-ring (bicyclic) bond motifs is 1. The second-order valence-corrected chi connectivity index (χ2v) is 9.88. The molecule has 3 aromatic carbocycles. The van der Waals surface area contributed by atoms with Crippen LogP contribution < -0.4 is 9.47 Å². The zero-order valence-electron chi connectivity index (χ0n) is 20.9. The molecule has 0 spiro atoms. The molecule has 186 valence electrons. The average molecular weight is 485 g/mol. The quantitative estimate of drug-likeness (QED) is 0.386. The monoisotopic (exact) mass is 484 g/mol. The standard InChI is InChI=1S/C31H32O5/c1-19-11-24(15-30(32)33)28-8-7-25(16-29(19)28)35-17-22-5-4-6-23(14-22)31-20(2)12-27(13-21(31)3)36-26-9-10-34-18-26/h4-8,12-14,16,24,26H,1,9-11,15,17-18H2,2-3H3,(H,32,33)/t24?,26-/m1/s1. The summed E-state index contributed by atoms with van der Waals surface area (Å²) in [5.41, 5.74) is 8.84. The zero-order valence-corrected chi connectivity index (χ0v) is 20.9. The second-order valence-electron chi connectivity index (χ2n) is 9.88. The van der Waals surface area contributed by atoms with Crippen LogP contribution in [-0.4, -0.2) is 30.4 Å². The highest BCUT2D eigenvalue weighted by molar-refractivity contribution is 5.77. The van der Waals surface area contributed by atoms with E-state index in [-0.39, 0.29) is 18.4 Å². The van der Waals surface area contributed by atoms with Gasteiger partial charge in [-0.25, -0.2) is 0 Å². The SMILES string of the molecule is C=C1CC(CC(=O)O)c2ccc(OCc3cccc(-c4c(C)cc(O[C@@H]5CCOC5)cc4C)c3)cc21. The van der Waals surface area contributed by atoms with Gasteiger partial charge in [0.1, 0.15) is 24.2 Å². The summed E-state index contributed by atoms with van der Waals surface area (Å²) in [5.74, 6) is 0.871. The lowest BCUT2D eigenvalue weighted by Crippen LogP contribution is -2.15. The fourth-order valence-electron chi connectivity index (χ4n) is 5.43. The van der Waals surface area contributed by atoms with Crippen LogP contribution in [0.2, 0.25) is 0 Å². The highest BCUT2D eigenvalue weighted by atomic mass is 16.5. The summed E-state index contributed by atoms with van der Waals surface area (Å²) in [4.78, 5) is 11.2. The number of aliphatic carboxylic acids is 1. The maximum Gasteiger partial charge on any atom is 0.303 e. The van der Waals surface area contributed by atoms with Gasteiger partial charge in [0.2, 0.25) is 0 Å². The Balaban J connectivity index is 1.30. The first-order valence-corrected chi connectivity index (χ1v) is 12.5. The van der Waals surface area contributed by atoms with E-state index >= 15 is 0 Å². The third-order valence-corrected chi connectivity index (χ3v) is 7.08. The molecule has 3 aromatic rings. The van der Waals surface area contributed by atoms with Crippen LogP contribution in [0.5, 0.6) is 11.5 Å². The molecule has 2 aliphatic rings. The second kappa shape index (κ2) is 10.2. The maximum absolute atomic E-state index is 11.2. The molecule has 0 radical (unpaired) electrons. The van der Waals surface area contributed by atoms with Gasteiger partial charge in [-0.2, -0.15) is 0 Å². The van der Waals surface area contributed by atoms with Gasteiger partial charge < -0.3 is 19.3 Å². The van der Waals surface area contributed by atoms with Crippen molar-refractivity contribution in [2.24, 2.45) is 0 Å². The van der Waals surface area contributed by atoms with E-state index in [9.17, 15) is 9.90 Å². The first-order chi connectivity index (χ1) is 17.4. The lowest BCUT2D eigenvalue weighted by molar-refractivity contribution is -0.137. The third kappa shape index (κ3) is 5.17. The first-order valence-electron chi connectivity index (χ1n) is 12.5. The van der Waals surface area contributed by atoms with Gasteiger partial charge >= 0.3 is 5.97 Å². The van der Waals surface area contributed by atoms with Gasteiger partial charge in [-0.1, -0.05) is 30.8 Å². The van der Waals surface area contributed by atoms with Crippen LogP contribution in [0, 0.1) is 13.8 Å². The van der Waals surface area contributed by atoms with E-state index in [4.69, 9.17) is 14.2 Å². The molecule has 5 heteroatoms. The van der Waals surface area contributed by atoms with E-state index < -0.39 is 5.97 Å². The van der Waals surface area contributed by atoms with Crippen LogP contribution in [0.25, 0.3) is 16.7 Å². The van der Waals surface area contributed by atoms with E-state index in [1.807, 2.05) is 18.2 Å². The Hall–Kier alpha value is -3.57. The maximum atomic E-state index is 11.2. The predicted octanol–water partition coefficient (Wildman–Crippen LogP) is 6.69. The van der Waals surface area contributed by atoms with E-state index in [1.165, 1.54) is 16.7 Å². The van der Waals surface area contributed by atoms with E-state index in [1.54, 1.807) is 0 Å². The van der Waals surface area contributed by atoms with Crippen molar-refractivity contribution in [1.29, 1.82) is 0 Å². The minimum atomic E-state index is -0.781. The Labute approximate surface area is 212 Å². The van der Waals surface area contributed by atoms with Gasteiger partial charge in [0, 0.05) is 6.42 Å². The van der Waals surface area contributed by atoms with E-state index in [0.29, 0.717) is 19.6 Å². The highest BCUT2D eigenvalue weighted by Crippen LogP contribution is 2.43. The van der Waals surface area contributed by atoms with Crippen molar-refractivity contribution < 1.29 is 24.1 Å². The molecule has 1 aliphatic heterocycles. The average Bonchev–Trinajstić information content (AvgIpc) is 3.45. The highest BCUT2D eigenvalue weighted by Gasteiger charge is 2.27. The molecule has 0 saturated carbocycles. The molecule has 5 rings (SSSR count). The van der Waals surface area contributed by atoms with Crippen LogP contribution in [0.15, 0.2) is 61.2 Å². The molecule has 0 bridgehead atoms. The summed E-state index contributed by atoms with van der Waals surface area (Å²) >= 11 is 0. The zero-order chi connectivity index (χ0) is 25.2. The Morgan fingerprint density at radius 1 is 1.08 bits per heavy atom. The summed E-state index contributed by atoms with van der Waals surface area (Å²) in [7, 11) is 0. The van der Waals surface area contributed by atoms with Crippen molar-refractivity contribution in [2.45, 2.75) is 51.7 Å². The largest absolute Gasteiger partial charge is 0.489 e. The lowest BCUT2D eigenvalue weighted by atomic mass is 9.94. The number of ether oxygens (including phenoxy) is 3. The molecule has 1 heterocycles. The minimum Gasteiger partial charge on any atom is -0.489 e. The molecule has 0 amide bonds. The number of carbonyl (C=O) groups is 1. The predicted molar refractivity (Wildman–Crippen MR) is 141 cm³/mol. The fraction of sp³-hybridized carbons (Fsp3) is 0.323. The molecule has 1 unspecified atom stereocenters. The Morgan fingerprint density at radius 3 is 2.61 bits per heavy atom. The molecular weight excluding hydrogens is 452 g/mol. The van der Waals surface area contributed by atoms with Crippen molar-refractivity contribution in [3.63, 3.8) is 0 Å². The van der Waals surface area contributed by atoms with Crippen LogP contribution in [0.1, 0.15) is 53.0 Å². The van der Waals surface area contributed by atoms with Gasteiger partial charge in [0.05, 0.1) is 19.6 Å². The minimum absolute atomic E-state index is 0.00880. The molecule has 1 saturated heterocycles. The van der Waals surface area contributed by atoms with Crippen LogP contribution >= 0.6 is 0 Å². The van der Waals surface area contributed by atoms with Crippen LogP contribution in [-0.2, 0) is 16.1 Å². The molecule has 36 heavy (non-hydrogen) atoms. The smallest absolute Gasteiger partial charge is 0.303 e. The van der Waals surface area contributed by atoms with Gasteiger partial charge in [-0.05, 0) is 101 Å². The number of carboxylic acid groups (broad SMARTS) is 1. The summed E-state index contributed by atoms with van der Waals surface area (Å²) in [6.45, 7) is 10.3. The van der Waals surface area contributed by atoms with Crippen molar-refractivity contribution in [3.8, 4) is 22.6 Å². The van der Waals surface area contributed by atoms with Gasteiger partial charge in [-0.15, -0.1) is 0 Å². The van der Waals surface area contributed by atoms with Crippen molar-refractivity contribution in [2.75, 3.05) is 13.2 Å². The Morgan fingerprint density at radius 2 is 1.89 bits per heavy atom. The number of carboxylic acids is 1. The summed E-state index contributed by atoms with van der Waals surface area (Å²) in [6.07, 6.45) is 1.88. The molecule has 1 aliphatic carbocycles. The molecule has 0 aromatic heterocycles. The van der Waals surface area contributed by atoms with Crippen LogP contribution in [0.4, 0.5) is 0 Å². The van der Waals surface area contributed by atoms with Crippen molar-refractivity contribution in [3.05, 3.63) is 89.0 Å². The number of benzene rings is 3. The van der Waals surface area contributed by atoms with Crippen molar-refractivity contribution in [1.82, 2.24) is 0 Å². The molecular formula is C31H32O5. The summed E-state index contributed by atoms with van der Waals surface area (Å²) < 4.78 is 17.7. The molecule has 5 nitrogen and oxygen atoms in total. The summed E-state index contributed by atoms with van der Waals surface area (Å²) in [5, 5.41) is 9.20. The first kappa shape index (κ1) is 24.1. The van der Waals surface area contributed by atoms with Gasteiger partial charge in [0.15, 0.2) is 0 Å². The van der Waals surface area contributed by atoms with Gasteiger partial charge in [-0.3, -0.25) is 4.79 Å². The molecule has 1 N–H and O–H groups in total. The Bertz CT molecular complexity index is 1280. The molecule has 1 fully saturated rings. The third-order valence-electron chi connectivity index (χ3n) is 7.08. The van der Waals surface area contributed by atoms with E-state index in [0.717, 1.165) is 52.4 Å². The number of hydrogen-bond donors (Lipinski definition) is 1.